The highest BCUT2D eigenvalue weighted by Gasteiger charge is 2.09. The second kappa shape index (κ2) is 6.60. The molecule has 0 saturated carbocycles. The number of benzene rings is 2. The number of methoxy groups -OCH3 is 1. The minimum absolute atomic E-state index is 0.316. The summed E-state index contributed by atoms with van der Waals surface area (Å²) in [5, 5.41) is 3.87. The Morgan fingerprint density at radius 1 is 1.25 bits per heavy atom. The van der Waals surface area contributed by atoms with Crippen LogP contribution in [0.1, 0.15) is 5.56 Å². The summed E-state index contributed by atoms with van der Waals surface area (Å²) >= 11 is 13.5. The predicted octanol–water partition coefficient (Wildman–Crippen LogP) is 4.33. The van der Waals surface area contributed by atoms with E-state index in [4.69, 9.17) is 34.3 Å². The molecule has 2 aromatic carbocycles. The minimum atomic E-state index is 0.316. The van der Waals surface area contributed by atoms with Gasteiger partial charge < -0.3 is 15.8 Å². The van der Waals surface area contributed by atoms with Gasteiger partial charge in [-0.1, -0.05) is 23.8 Å². The molecule has 0 saturated heterocycles. The standard InChI is InChI=1S/C14H12ClIN2OS/c1-19-9-3-4-10(14(17)20)13(7-9)18-12-5-2-8(16)6-11(12)15/h2-7,18H,1H3,(H2,17,20). The molecule has 0 bridgehead atoms. The first kappa shape index (κ1) is 15.3. The second-order valence-electron chi connectivity index (χ2n) is 4.02. The van der Waals surface area contributed by atoms with Crippen LogP contribution in [0.5, 0.6) is 5.75 Å². The Morgan fingerprint density at radius 3 is 2.60 bits per heavy atom. The van der Waals surface area contributed by atoms with E-state index in [1.165, 1.54) is 0 Å². The van der Waals surface area contributed by atoms with Crippen molar-refractivity contribution in [1.82, 2.24) is 0 Å². The Bertz CT molecular complexity index is 664. The molecule has 3 nitrogen and oxygen atoms in total. The number of hydrogen-bond acceptors (Lipinski definition) is 3. The van der Waals surface area contributed by atoms with Gasteiger partial charge in [0, 0.05) is 15.2 Å². The predicted molar refractivity (Wildman–Crippen MR) is 96.3 cm³/mol. The molecule has 0 spiro atoms. The molecule has 0 heterocycles. The molecule has 0 aliphatic heterocycles. The third kappa shape index (κ3) is 3.53. The Balaban J connectivity index is 2.43. The molecule has 0 aliphatic rings. The lowest BCUT2D eigenvalue weighted by molar-refractivity contribution is 0.415. The number of rotatable bonds is 4. The van der Waals surface area contributed by atoms with Crippen molar-refractivity contribution in [3.05, 3.63) is 50.6 Å². The lowest BCUT2D eigenvalue weighted by Crippen LogP contribution is -2.12. The highest BCUT2D eigenvalue weighted by atomic mass is 127. The van der Waals surface area contributed by atoms with Crippen LogP contribution in [0.15, 0.2) is 36.4 Å². The summed E-state index contributed by atoms with van der Waals surface area (Å²) in [6, 6.07) is 11.2. The van der Waals surface area contributed by atoms with Gasteiger partial charge in [-0.3, -0.25) is 0 Å². The Hall–Kier alpha value is -1.05. The number of nitrogens with one attached hydrogen (secondary N) is 1. The van der Waals surface area contributed by atoms with Crippen LogP contribution >= 0.6 is 46.4 Å². The first-order chi connectivity index (χ1) is 9.51. The quantitative estimate of drug-likeness (QED) is 0.573. The SMILES string of the molecule is COc1ccc(C(N)=S)c(Nc2ccc(I)cc2Cl)c1. The largest absolute Gasteiger partial charge is 0.497 e. The van der Waals surface area contributed by atoms with Crippen molar-refractivity contribution < 1.29 is 4.74 Å². The lowest BCUT2D eigenvalue weighted by Gasteiger charge is -2.14. The first-order valence-corrected chi connectivity index (χ1v) is 7.57. The van der Waals surface area contributed by atoms with Crippen molar-refractivity contribution in [2.75, 3.05) is 12.4 Å². The summed E-state index contributed by atoms with van der Waals surface area (Å²) in [7, 11) is 1.61. The fraction of sp³-hybridized carbons (Fsp3) is 0.0714. The fourth-order valence-electron chi connectivity index (χ4n) is 1.70. The van der Waals surface area contributed by atoms with Gasteiger partial charge in [0.15, 0.2) is 0 Å². The summed E-state index contributed by atoms with van der Waals surface area (Å²) in [5.41, 5.74) is 8.04. The number of halogens is 2. The van der Waals surface area contributed by atoms with E-state index in [-0.39, 0.29) is 0 Å². The van der Waals surface area contributed by atoms with E-state index in [0.29, 0.717) is 15.8 Å². The van der Waals surface area contributed by atoms with Crippen LogP contribution < -0.4 is 15.8 Å². The van der Waals surface area contributed by atoms with Crippen LogP contribution in [-0.4, -0.2) is 12.1 Å². The molecular weight excluding hydrogens is 407 g/mol. The van der Waals surface area contributed by atoms with E-state index in [9.17, 15) is 0 Å². The summed E-state index contributed by atoms with van der Waals surface area (Å²) in [6.07, 6.45) is 0. The Morgan fingerprint density at radius 2 is 2.00 bits per heavy atom. The Labute approximate surface area is 141 Å². The topological polar surface area (TPSA) is 47.3 Å². The third-order valence-corrected chi connectivity index (χ3v) is 3.90. The molecule has 2 aromatic rings. The number of ether oxygens (including phenoxy) is 1. The zero-order valence-electron chi connectivity index (χ0n) is 10.6. The molecule has 2 rings (SSSR count). The van der Waals surface area contributed by atoms with Crippen LogP contribution in [-0.2, 0) is 0 Å². The summed E-state index contributed by atoms with van der Waals surface area (Å²) in [5.74, 6) is 0.717. The highest BCUT2D eigenvalue weighted by Crippen LogP contribution is 2.30. The molecule has 6 heteroatoms. The van der Waals surface area contributed by atoms with Crippen molar-refractivity contribution in [3.63, 3.8) is 0 Å². The number of nitrogens with two attached hydrogens (primary N) is 1. The normalized spacial score (nSPS) is 10.2. The van der Waals surface area contributed by atoms with Crippen LogP contribution in [0.4, 0.5) is 11.4 Å². The van der Waals surface area contributed by atoms with E-state index >= 15 is 0 Å². The number of hydrogen-bond donors (Lipinski definition) is 2. The number of anilines is 2. The van der Waals surface area contributed by atoms with Crippen molar-refractivity contribution >= 4 is 62.8 Å². The van der Waals surface area contributed by atoms with Gasteiger partial charge in [0.25, 0.3) is 0 Å². The summed E-state index contributed by atoms with van der Waals surface area (Å²) in [4.78, 5) is 0.316. The van der Waals surface area contributed by atoms with Gasteiger partial charge >= 0.3 is 0 Å². The van der Waals surface area contributed by atoms with Gasteiger partial charge in [0.05, 0.1) is 23.5 Å². The maximum atomic E-state index is 6.22. The van der Waals surface area contributed by atoms with Crippen LogP contribution in [0, 0.1) is 3.57 Å². The van der Waals surface area contributed by atoms with E-state index in [2.05, 4.69) is 27.9 Å². The molecular formula is C14H12ClIN2OS. The molecule has 3 N–H and O–H groups in total. The zero-order valence-corrected chi connectivity index (χ0v) is 14.3. The van der Waals surface area contributed by atoms with Crippen molar-refractivity contribution in [1.29, 1.82) is 0 Å². The maximum absolute atomic E-state index is 6.22. The molecule has 0 amide bonds. The van der Waals surface area contributed by atoms with Crippen molar-refractivity contribution in [2.24, 2.45) is 5.73 Å². The molecule has 0 atom stereocenters. The monoisotopic (exact) mass is 418 g/mol. The van der Waals surface area contributed by atoms with Crippen LogP contribution in [0.25, 0.3) is 0 Å². The van der Waals surface area contributed by atoms with Gasteiger partial charge in [-0.25, -0.2) is 0 Å². The maximum Gasteiger partial charge on any atom is 0.120 e. The first-order valence-electron chi connectivity index (χ1n) is 5.71. The average Bonchev–Trinajstić information content (AvgIpc) is 2.41. The van der Waals surface area contributed by atoms with Gasteiger partial charge in [0.2, 0.25) is 0 Å². The molecule has 0 fully saturated rings. The molecule has 0 radical (unpaired) electrons. The molecule has 0 aliphatic carbocycles. The highest BCUT2D eigenvalue weighted by molar-refractivity contribution is 14.1. The molecule has 20 heavy (non-hydrogen) atoms. The van der Waals surface area contributed by atoms with E-state index in [1.54, 1.807) is 7.11 Å². The van der Waals surface area contributed by atoms with Crippen LogP contribution in [0.2, 0.25) is 5.02 Å². The molecule has 0 unspecified atom stereocenters. The third-order valence-electron chi connectivity index (χ3n) is 2.69. The lowest BCUT2D eigenvalue weighted by atomic mass is 10.1. The Kier molecular flexibility index (Phi) is 5.06. The average molecular weight is 419 g/mol. The summed E-state index contributed by atoms with van der Waals surface area (Å²) < 4.78 is 6.29. The van der Waals surface area contributed by atoms with E-state index in [0.717, 1.165) is 20.5 Å². The minimum Gasteiger partial charge on any atom is -0.497 e. The van der Waals surface area contributed by atoms with Crippen LogP contribution in [0.3, 0.4) is 0 Å². The van der Waals surface area contributed by atoms with Gasteiger partial charge in [-0.05, 0) is 52.9 Å². The van der Waals surface area contributed by atoms with Gasteiger partial charge in [0.1, 0.15) is 10.7 Å². The zero-order chi connectivity index (χ0) is 14.7. The van der Waals surface area contributed by atoms with E-state index in [1.807, 2.05) is 36.4 Å². The fourth-order valence-corrected chi connectivity index (χ4v) is 2.79. The number of thiocarbonyl (C=S) groups is 1. The molecule has 0 aromatic heterocycles. The smallest absolute Gasteiger partial charge is 0.120 e. The second-order valence-corrected chi connectivity index (χ2v) is 6.12. The summed E-state index contributed by atoms with van der Waals surface area (Å²) in [6.45, 7) is 0. The van der Waals surface area contributed by atoms with Crippen molar-refractivity contribution in [3.8, 4) is 5.75 Å². The van der Waals surface area contributed by atoms with Crippen molar-refractivity contribution in [2.45, 2.75) is 0 Å². The van der Waals surface area contributed by atoms with Gasteiger partial charge in [-0.2, -0.15) is 0 Å². The van der Waals surface area contributed by atoms with E-state index < -0.39 is 0 Å². The van der Waals surface area contributed by atoms with Gasteiger partial charge in [-0.15, -0.1) is 0 Å². The molecule has 104 valence electrons.